The second-order valence-corrected chi connectivity index (χ2v) is 7.18. The lowest BCUT2D eigenvalue weighted by Crippen LogP contribution is -1.82. The summed E-state index contributed by atoms with van der Waals surface area (Å²) in [5.41, 5.74) is 7.67. The molecule has 0 fully saturated rings. The van der Waals surface area contributed by atoms with Gasteiger partial charge in [0.25, 0.3) is 0 Å². The molecular formula is C20H12Br2. The number of rotatable bonds is 1. The van der Waals surface area contributed by atoms with Gasteiger partial charge in [-0.15, -0.1) is 0 Å². The van der Waals surface area contributed by atoms with E-state index < -0.39 is 0 Å². The highest BCUT2D eigenvalue weighted by Gasteiger charge is 2.23. The highest BCUT2D eigenvalue weighted by atomic mass is 79.9. The Kier molecular flexibility index (Phi) is 3.51. The van der Waals surface area contributed by atoms with Crippen LogP contribution in [0.4, 0.5) is 0 Å². The third kappa shape index (κ3) is 2.37. The molecule has 0 radical (unpaired) electrons. The van der Waals surface area contributed by atoms with Gasteiger partial charge in [0.05, 0.1) is 0 Å². The van der Waals surface area contributed by atoms with Crippen LogP contribution in [0.5, 0.6) is 0 Å². The molecule has 1 aliphatic carbocycles. The van der Waals surface area contributed by atoms with Gasteiger partial charge < -0.3 is 0 Å². The van der Waals surface area contributed by atoms with Crippen molar-refractivity contribution >= 4 is 43.5 Å². The summed E-state index contributed by atoms with van der Waals surface area (Å²) in [6.07, 6.45) is 2.27. The van der Waals surface area contributed by atoms with Gasteiger partial charge in [0.15, 0.2) is 0 Å². The van der Waals surface area contributed by atoms with Crippen molar-refractivity contribution in [3.05, 3.63) is 92.4 Å². The Morgan fingerprint density at radius 2 is 1.14 bits per heavy atom. The normalized spacial score (nSPS) is 12.0. The van der Waals surface area contributed by atoms with E-state index in [4.69, 9.17) is 0 Å². The van der Waals surface area contributed by atoms with Crippen LogP contribution in [0.1, 0.15) is 16.7 Å². The molecule has 0 aliphatic heterocycles. The zero-order chi connectivity index (χ0) is 15.1. The van der Waals surface area contributed by atoms with Gasteiger partial charge in [0.1, 0.15) is 0 Å². The molecule has 0 unspecified atom stereocenters. The predicted octanol–water partition coefficient (Wildman–Crippen LogP) is 6.78. The maximum absolute atomic E-state index is 3.59. The van der Waals surface area contributed by atoms with Crippen molar-refractivity contribution in [2.75, 3.05) is 0 Å². The van der Waals surface area contributed by atoms with Crippen LogP contribution in [0.25, 0.3) is 22.8 Å². The molecule has 0 nitrogen and oxygen atoms in total. The van der Waals surface area contributed by atoms with Gasteiger partial charge in [-0.25, -0.2) is 0 Å². The fraction of sp³-hybridized carbons (Fsp3) is 0. The summed E-state index contributed by atoms with van der Waals surface area (Å²) in [6, 6.07) is 23.5. The average molecular weight is 412 g/mol. The van der Waals surface area contributed by atoms with E-state index in [1.165, 1.54) is 33.4 Å². The van der Waals surface area contributed by atoms with Crippen molar-refractivity contribution < 1.29 is 0 Å². The summed E-state index contributed by atoms with van der Waals surface area (Å²) in [5.74, 6) is 0. The zero-order valence-corrected chi connectivity index (χ0v) is 14.9. The van der Waals surface area contributed by atoms with Crippen LogP contribution in [0.3, 0.4) is 0 Å². The summed E-state index contributed by atoms with van der Waals surface area (Å²) < 4.78 is 2.22. The molecule has 0 amide bonds. The Morgan fingerprint density at radius 1 is 0.591 bits per heavy atom. The van der Waals surface area contributed by atoms with Gasteiger partial charge in [-0.1, -0.05) is 74.3 Å². The maximum atomic E-state index is 3.59. The van der Waals surface area contributed by atoms with Gasteiger partial charge in [-0.2, -0.15) is 0 Å². The Balaban J connectivity index is 2.00. The first-order chi connectivity index (χ1) is 10.7. The monoisotopic (exact) mass is 410 g/mol. The first-order valence-electron chi connectivity index (χ1n) is 7.09. The molecule has 3 aromatic rings. The highest BCUT2D eigenvalue weighted by molar-refractivity contribution is 9.10. The number of halogens is 2. The first kappa shape index (κ1) is 14.0. The van der Waals surface area contributed by atoms with Crippen LogP contribution >= 0.6 is 31.9 Å². The van der Waals surface area contributed by atoms with Crippen LogP contribution in [-0.2, 0) is 0 Å². The average Bonchev–Trinajstić information content (AvgIpc) is 2.81. The first-order valence-corrected chi connectivity index (χ1v) is 8.68. The summed E-state index contributed by atoms with van der Waals surface area (Å²) in [5, 5.41) is 0. The van der Waals surface area contributed by atoms with Crippen molar-refractivity contribution in [3.8, 4) is 11.1 Å². The molecule has 106 valence electrons. The van der Waals surface area contributed by atoms with E-state index in [1.807, 2.05) is 6.07 Å². The van der Waals surface area contributed by atoms with Crippen molar-refractivity contribution in [3.63, 3.8) is 0 Å². The molecule has 0 heterocycles. The van der Waals surface area contributed by atoms with Gasteiger partial charge >= 0.3 is 0 Å². The second-order valence-electron chi connectivity index (χ2n) is 5.35. The lowest BCUT2D eigenvalue weighted by atomic mass is 10.0. The molecule has 0 saturated heterocycles. The third-order valence-corrected chi connectivity index (χ3v) is 4.93. The van der Waals surface area contributed by atoms with Gasteiger partial charge in [-0.05, 0) is 63.7 Å². The molecule has 0 bridgehead atoms. The molecule has 2 heteroatoms. The molecule has 22 heavy (non-hydrogen) atoms. The van der Waals surface area contributed by atoms with Crippen LogP contribution in [0.15, 0.2) is 75.7 Å². The molecule has 0 atom stereocenters. The number of hydrogen-bond donors (Lipinski definition) is 0. The van der Waals surface area contributed by atoms with Gasteiger partial charge in [0.2, 0.25) is 0 Å². The van der Waals surface area contributed by atoms with Crippen LogP contribution < -0.4 is 0 Å². The smallest absolute Gasteiger partial charge is 0.0181 e. The fourth-order valence-electron chi connectivity index (χ4n) is 2.96. The quantitative estimate of drug-likeness (QED) is 0.323. The minimum absolute atomic E-state index is 1.11. The Bertz CT molecular complexity index is 839. The zero-order valence-electron chi connectivity index (χ0n) is 11.7. The largest absolute Gasteiger partial charge is 0.0622 e. The summed E-state index contributed by atoms with van der Waals surface area (Å²) in [6.45, 7) is 0. The lowest BCUT2D eigenvalue weighted by Gasteiger charge is -2.03. The predicted molar refractivity (Wildman–Crippen MR) is 101 cm³/mol. The number of fused-ring (bicyclic) bond motifs is 3. The summed E-state index contributed by atoms with van der Waals surface area (Å²) in [7, 11) is 0. The van der Waals surface area contributed by atoms with E-state index in [9.17, 15) is 0 Å². The van der Waals surface area contributed by atoms with E-state index in [0.717, 1.165) is 8.95 Å². The fourth-order valence-corrected chi connectivity index (χ4v) is 3.69. The molecular weight excluding hydrogens is 400 g/mol. The maximum Gasteiger partial charge on any atom is 0.0181 e. The van der Waals surface area contributed by atoms with Crippen molar-refractivity contribution in [2.45, 2.75) is 0 Å². The van der Waals surface area contributed by atoms with Crippen molar-refractivity contribution in [1.82, 2.24) is 0 Å². The molecule has 4 rings (SSSR count). The standard InChI is InChI=1S/C20H12Br2/c21-14-6-8-16-18(10-13-4-2-1-3-5-13)17-9-7-15(22)12-20(17)19(16)11-14/h1-12H. The Morgan fingerprint density at radius 3 is 1.68 bits per heavy atom. The lowest BCUT2D eigenvalue weighted by molar-refractivity contribution is 1.59. The molecule has 0 spiro atoms. The van der Waals surface area contributed by atoms with Gasteiger partial charge in [-0.3, -0.25) is 0 Å². The number of benzene rings is 3. The van der Waals surface area contributed by atoms with Crippen molar-refractivity contribution in [2.24, 2.45) is 0 Å². The highest BCUT2D eigenvalue weighted by Crippen LogP contribution is 2.46. The van der Waals surface area contributed by atoms with Crippen molar-refractivity contribution in [1.29, 1.82) is 0 Å². The Labute approximate surface area is 146 Å². The van der Waals surface area contributed by atoms with E-state index in [-0.39, 0.29) is 0 Å². The SMILES string of the molecule is Brc1ccc2c(c1)-c1cc(Br)ccc1C2=Cc1ccccc1. The van der Waals surface area contributed by atoms with E-state index in [1.54, 1.807) is 0 Å². The number of hydrogen-bond acceptors (Lipinski definition) is 0. The molecule has 0 aromatic heterocycles. The van der Waals surface area contributed by atoms with Crippen LogP contribution in [-0.4, -0.2) is 0 Å². The van der Waals surface area contributed by atoms with Crippen LogP contribution in [0, 0.1) is 0 Å². The summed E-state index contributed by atoms with van der Waals surface area (Å²) >= 11 is 7.18. The molecule has 0 saturated carbocycles. The molecule has 1 aliphatic rings. The minimum Gasteiger partial charge on any atom is -0.0622 e. The Hall–Kier alpha value is -1.64. The molecule has 3 aromatic carbocycles. The molecule has 0 N–H and O–H groups in total. The van der Waals surface area contributed by atoms with Gasteiger partial charge in [0, 0.05) is 8.95 Å². The van der Waals surface area contributed by atoms with E-state index >= 15 is 0 Å². The summed E-state index contributed by atoms with van der Waals surface area (Å²) in [4.78, 5) is 0. The van der Waals surface area contributed by atoms with Crippen LogP contribution in [0.2, 0.25) is 0 Å². The van der Waals surface area contributed by atoms with E-state index in [2.05, 4.69) is 98.6 Å². The topological polar surface area (TPSA) is 0 Å². The second kappa shape index (κ2) is 5.53. The third-order valence-electron chi connectivity index (χ3n) is 3.94. The van der Waals surface area contributed by atoms with E-state index in [0.29, 0.717) is 0 Å². The minimum atomic E-state index is 1.11.